The lowest BCUT2D eigenvalue weighted by Gasteiger charge is -2.24. The predicted octanol–water partition coefficient (Wildman–Crippen LogP) is 5.15. The average molecular weight is 374 g/mol. The van der Waals surface area contributed by atoms with Crippen molar-refractivity contribution in [2.75, 3.05) is 5.32 Å². The minimum Gasteiger partial charge on any atom is -0.310 e. The second-order valence-corrected chi connectivity index (χ2v) is 7.18. The van der Waals surface area contributed by atoms with Gasteiger partial charge in [-0.15, -0.1) is 0 Å². The number of aromatic nitrogens is 2. The third kappa shape index (κ3) is 2.78. The van der Waals surface area contributed by atoms with Crippen LogP contribution in [0.2, 0.25) is 5.02 Å². The standard InChI is InChI=1S/C22H16ClN3O/c23-17-7-9-18(10-8-17)26-22-20(13-24-26)19(12-21(27)25-22)16-6-5-14-3-1-2-4-15(14)11-16/h1-11,13,19H,12H2,(H,25,27). The molecule has 0 aliphatic carbocycles. The number of anilines is 1. The average Bonchev–Trinajstić information content (AvgIpc) is 3.11. The van der Waals surface area contributed by atoms with E-state index in [1.807, 2.05) is 42.6 Å². The quantitative estimate of drug-likeness (QED) is 0.528. The Morgan fingerprint density at radius 2 is 1.78 bits per heavy atom. The molecule has 0 fully saturated rings. The van der Waals surface area contributed by atoms with E-state index in [-0.39, 0.29) is 11.8 Å². The Morgan fingerprint density at radius 3 is 2.59 bits per heavy atom. The predicted molar refractivity (Wildman–Crippen MR) is 108 cm³/mol. The van der Waals surface area contributed by atoms with Crippen LogP contribution < -0.4 is 5.32 Å². The Labute approximate surface area is 161 Å². The maximum absolute atomic E-state index is 12.4. The number of hydrogen-bond donors (Lipinski definition) is 1. The highest BCUT2D eigenvalue weighted by molar-refractivity contribution is 6.30. The van der Waals surface area contributed by atoms with Gasteiger partial charge in [-0.3, -0.25) is 4.79 Å². The molecule has 1 unspecified atom stereocenters. The molecule has 0 bridgehead atoms. The van der Waals surface area contributed by atoms with Gasteiger partial charge in [-0.25, -0.2) is 4.68 Å². The number of carbonyl (C=O) groups is 1. The number of carbonyl (C=O) groups excluding carboxylic acids is 1. The molecule has 27 heavy (non-hydrogen) atoms. The molecule has 1 N–H and O–H groups in total. The molecule has 3 aromatic carbocycles. The van der Waals surface area contributed by atoms with Crippen molar-refractivity contribution < 1.29 is 4.79 Å². The highest BCUT2D eigenvalue weighted by Crippen LogP contribution is 2.38. The van der Waals surface area contributed by atoms with Crippen molar-refractivity contribution in [2.24, 2.45) is 0 Å². The fraction of sp³-hybridized carbons (Fsp3) is 0.0909. The first kappa shape index (κ1) is 16.1. The van der Waals surface area contributed by atoms with Crippen LogP contribution in [0.15, 0.2) is 72.9 Å². The molecule has 1 amide bonds. The van der Waals surface area contributed by atoms with Gasteiger partial charge in [0.05, 0.1) is 11.9 Å². The summed E-state index contributed by atoms with van der Waals surface area (Å²) in [4.78, 5) is 12.4. The molecule has 4 aromatic rings. The minimum atomic E-state index is -0.0144. The van der Waals surface area contributed by atoms with Crippen LogP contribution in [0.25, 0.3) is 16.5 Å². The van der Waals surface area contributed by atoms with Crippen LogP contribution in [-0.4, -0.2) is 15.7 Å². The number of nitrogens with one attached hydrogen (secondary N) is 1. The van der Waals surface area contributed by atoms with Gasteiger partial charge in [0, 0.05) is 22.9 Å². The Kier molecular flexibility index (Phi) is 3.73. The van der Waals surface area contributed by atoms with Crippen LogP contribution >= 0.6 is 11.6 Å². The monoisotopic (exact) mass is 373 g/mol. The van der Waals surface area contributed by atoms with Crippen molar-refractivity contribution in [2.45, 2.75) is 12.3 Å². The van der Waals surface area contributed by atoms with Gasteiger partial charge in [0.1, 0.15) is 5.82 Å². The summed E-state index contributed by atoms with van der Waals surface area (Å²) in [6.07, 6.45) is 2.26. The van der Waals surface area contributed by atoms with Gasteiger partial charge in [0.25, 0.3) is 0 Å². The Hall–Kier alpha value is -3.11. The molecule has 0 saturated carbocycles. The summed E-state index contributed by atoms with van der Waals surface area (Å²) in [5.41, 5.74) is 3.01. The van der Waals surface area contributed by atoms with Crippen molar-refractivity contribution in [3.63, 3.8) is 0 Å². The molecule has 1 aromatic heterocycles. The molecule has 5 rings (SSSR count). The van der Waals surface area contributed by atoms with Gasteiger partial charge >= 0.3 is 0 Å². The van der Waals surface area contributed by atoms with Crippen LogP contribution in [0.3, 0.4) is 0 Å². The Bertz CT molecular complexity index is 1160. The number of rotatable bonds is 2. The second-order valence-electron chi connectivity index (χ2n) is 6.75. The molecular formula is C22H16ClN3O. The summed E-state index contributed by atoms with van der Waals surface area (Å²) in [6, 6.07) is 22.1. The van der Waals surface area contributed by atoms with Gasteiger partial charge in [-0.2, -0.15) is 5.10 Å². The van der Waals surface area contributed by atoms with Crippen LogP contribution in [-0.2, 0) is 4.79 Å². The van der Waals surface area contributed by atoms with Crippen molar-refractivity contribution in [3.05, 3.63) is 89.1 Å². The van der Waals surface area contributed by atoms with Crippen molar-refractivity contribution in [1.29, 1.82) is 0 Å². The van der Waals surface area contributed by atoms with Crippen LogP contribution in [0.4, 0.5) is 5.82 Å². The molecule has 4 nitrogen and oxygen atoms in total. The number of benzene rings is 3. The largest absolute Gasteiger partial charge is 0.310 e. The van der Waals surface area contributed by atoms with Crippen LogP contribution in [0.5, 0.6) is 0 Å². The molecule has 1 aliphatic rings. The van der Waals surface area contributed by atoms with E-state index in [2.05, 4.69) is 40.7 Å². The highest BCUT2D eigenvalue weighted by atomic mass is 35.5. The third-order valence-electron chi connectivity index (χ3n) is 5.07. The summed E-state index contributed by atoms with van der Waals surface area (Å²) in [5.74, 6) is 0.711. The fourth-order valence-corrected chi connectivity index (χ4v) is 3.85. The summed E-state index contributed by atoms with van der Waals surface area (Å²) in [7, 11) is 0. The summed E-state index contributed by atoms with van der Waals surface area (Å²) in [5, 5.41) is 10.5. The van der Waals surface area contributed by atoms with E-state index < -0.39 is 0 Å². The molecule has 0 saturated heterocycles. The smallest absolute Gasteiger partial charge is 0.226 e. The Balaban J connectivity index is 1.62. The van der Waals surface area contributed by atoms with E-state index in [0.29, 0.717) is 11.4 Å². The first-order chi connectivity index (χ1) is 13.2. The SMILES string of the molecule is O=C1CC(c2ccc3ccccc3c2)c2cnn(-c3ccc(Cl)cc3)c2N1. The molecular weight excluding hydrogens is 358 g/mol. The van der Waals surface area contributed by atoms with E-state index >= 15 is 0 Å². The van der Waals surface area contributed by atoms with Gasteiger partial charge in [0.2, 0.25) is 5.91 Å². The third-order valence-corrected chi connectivity index (χ3v) is 5.32. The number of nitrogens with zero attached hydrogens (tertiary/aromatic N) is 2. The lowest BCUT2D eigenvalue weighted by atomic mass is 9.86. The summed E-state index contributed by atoms with van der Waals surface area (Å²) >= 11 is 5.99. The molecule has 1 aliphatic heterocycles. The number of amides is 1. The van der Waals surface area contributed by atoms with Crippen molar-refractivity contribution >= 4 is 34.1 Å². The highest BCUT2D eigenvalue weighted by Gasteiger charge is 2.30. The normalized spacial score (nSPS) is 16.2. The molecule has 1 atom stereocenters. The van der Waals surface area contributed by atoms with E-state index in [0.717, 1.165) is 22.6 Å². The minimum absolute atomic E-state index is 0.00336. The molecule has 132 valence electrons. The van der Waals surface area contributed by atoms with E-state index in [4.69, 9.17) is 11.6 Å². The van der Waals surface area contributed by atoms with Crippen molar-refractivity contribution in [3.8, 4) is 5.69 Å². The second kappa shape index (κ2) is 6.25. The van der Waals surface area contributed by atoms with Gasteiger partial charge < -0.3 is 5.32 Å². The zero-order valence-corrected chi connectivity index (χ0v) is 15.1. The maximum Gasteiger partial charge on any atom is 0.226 e. The van der Waals surface area contributed by atoms with E-state index in [1.54, 1.807) is 4.68 Å². The van der Waals surface area contributed by atoms with E-state index in [1.165, 1.54) is 10.8 Å². The molecule has 0 spiro atoms. The first-order valence-corrected chi connectivity index (χ1v) is 9.19. The summed E-state index contributed by atoms with van der Waals surface area (Å²) < 4.78 is 1.76. The lowest BCUT2D eigenvalue weighted by molar-refractivity contribution is -0.116. The first-order valence-electron chi connectivity index (χ1n) is 8.81. The van der Waals surface area contributed by atoms with E-state index in [9.17, 15) is 4.79 Å². The zero-order chi connectivity index (χ0) is 18.4. The van der Waals surface area contributed by atoms with Crippen LogP contribution in [0.1, 0.15) is 23.5 Å². The summed E-state index contributed by atoms with van der Waals surface area (Å²) in [6.45, 7) is 0. The molecule has 0 radical (unpaired) electrons. The van der Waals surface area contributed by atoms with Crippen LogP contribution in [0, 0.1) is 0 Å². The van der Waals surface area contributed by atoms with Crippen molar-refractivity contribution in [1.82, 2.24) is 9.78 Å². The number of fused-ring (bicyclic) bond motifs is 2. The maximum atomic E-state index is 12.4. The number of hydrogen-bond acceptors (Lipinski definition) is 2. The zero-order valence-electron chi connectivity index (χ0n) is 14.4. The van der Waals surface area contributed by atoms with Gasteiger partial charge in [-0.1, -0.05) is 54.1 Å². The molecule has 2 heterocycles. The number of halogens is 1. The van der Waals surface area contributed by atoms with Gasteiger partial charge in [0.15, 0.2) is 0 Å². The fourth-order valence-electron chi connectivity index (χ4n) is 3.72. The molecule has 5 heteroatoms. The Morgan fingerprint density at radius 1 is 1.00 bits per heavy atom. The van der Waals surface area contributed by atoms with Gasteiger partial charge in [-0.05, 0) is 40.6 Å². The topological polar surface area (TPSA) is 46.9 Å². The lowest BCUT2D eigenvalue weighted by Crippen LogP contribution is -2.24.